The number of ether oxygens (including phenoxy) is 1. The van der Waals surface area contributed by atoms with Crippen molar-refractivity contribution in [2.75, 3.05) is 7.11 Å². The van der Waals surface area contributed by atoms with Crippen LogP contribution in [0.3, 0.4) is 0 Å². The van der Waals surface area contributed by atoms with E-state index < -0.39 is 4.92 Å². The van der Waals surface area contributed by atoms with Crippen molar-refractivity contribution in [2.24, 2.45) is 0 Å². The summed E-state index contributed by atoms with van der Waals surface area (Å²) in [5.74, 6) is 0.737. The van der Waals surface area contributed by atoms with Crippen LogP contribution in [0.15, 0.2) is 30.0 Å². The van der Waals surface area contributed by atoms with Gasteiger partial charge in [0.2, 0.25) is 5.70 Å². The topological polar surface area (TPSA) is 52.4 Å². The number of hydrogen-bond donors (Lipinski definition) is 0. The van der Waals surface area contributed by atoms with Crippen molar-refractivity contribution in [1.29, 1.82) is 0 Å². The lowest BCUT2D eigenvalue weighted by Crippen LogP contribution is -1.92. The third-order valence-electron chi connectivity index (χ3n) is 1.78. The molecule has 0 unspecified atom stereocenters. The maximum atomic E-state index is 10.3. The molecule has 0 aliphatic carbocycles. The molecule has 1 rings (SSSR count). The summed E-state index contributed by atoms with van der Waals surface area (Å²) in [5, 5.41) is 10.3. The smallest absolute Gasteiger partial charge is 0.243 e. The Labute approximate surface area is 95.7 Å². The van der Waals surface area contributed by atoms with E-state index in [1.54, 1.807) is 31.4 Å². The SMILES string of the molecule is CC.COc1ccc(/C=C(\C)[N+](=O)[O-])cc1. The quantitative estimate of drug-likeness (QED) is 0.583. The van der Waals surface area contributed by atoms with Gasteiger partial charge in [-0.25, -0.2) is 0 Å². The predicted molar refractivity (Wildman–Crippen MR) is 65.0 cm³/mol. The Morgan fingerprint density at radius 3 is 2.19 bits per heavy atom. The van der Waals surface area contributed by atoms with Gasteiger partial charge in [0.05, 0.1) is 12.0 Å². The average Bonchev–Trinajstić information content (AvgIpc) is 2.32. The molecule has 0 aliphatic heterocycles. The Bertz CT molecular complexity index is 355. The van der Waals surface area contributed by atoms with Gasteiger partial charge in [-0.3, -0.25) is 10.1 Å². The van der Waals surface area contributed by atoms with Crippen molar-refractivity contribution in [3.8, 4) is 5.75 Å². The standard InChI is InChI=1S/C10H11NO3.C2H6/c1-8(11(12)13)7-9-3-5-10(14-2)6-4-9;1-2/h3-7H,1-2H3;1-2H3/b8-7+;. The molecule has 0 spiro atoms. The number of allylic oxidation sites excluding steroid dienone is 1. The molecule has 0 fully saturated rings. The van der Waals surface area contributed by atoms with Crippen molar-refractivity contribution in [3.63, 3.8) is 0 Å². The fraction of sp³-hybridized carbons (Fsp3) is 0.333. The summed E-state index contributed by atoms with van der Waals surface area (Å²) in [5.41, 5.74) is 0.912. The van der Waals surface area contributed by atoms with Crippen LogP contribution in [0.4, 0.5) is 0 Å². The molecule has 88 valence electrons. The van der Waals surface area contributed by atoms with Crippen molar-refractivity contribution in [3.05, 3.63) is 45.6 Å². The number of nitro groups is 1. The molecule has 0 saturated carbocycles. The molecule has 0 saturated heterocycles. The molecule has 0 heterocycles. The van der Waals surface area contributed by atoms with E-state index in [0.717, 1.165) is 11.3 Å². The first-order chi connectivity index (χ1) is 7.63. The lowest BCUT2D eigenvalue weighted by Gasteiger charge is -1.98. The minimum absolute atomic E-state index is 0.121. The van der Waals surface area contributed by atoms with Crippen molar-refractivity contribution in [1.82, 2.24) is 0 Å². The summed E-state index contributed by atoms with van der Waals surface area (Å²) in [6.45, 7) is 5.46. The summed E-state index contributed by atoms with van der Waals surface area (Å²) >= 11 is 0. The van der Waals surface area contributed by atoms with Gasteiger partial charge in [0.25, 0.3) is 0 Å². The molecule has 4 nitrogen and oxygen atoms in total. The van der Waals surface area contributed by atoms with Crippen molar-refractivity contribution in [2.45, 2.75) is 20.8 Å². The van der Waals surface area contributed by atoms with E-state index in [-0.39, 0.29) is 5.70 Å². The molecule has 1 aromatic rings. The van der Waals surface area contributed by atoms with Gasteiger partial charge < -0.3 is 4.74 Å². The molecule has 0 radical (unpaired) electrons. The number of methoxy groups -OCH3 is 1. The first kappa shape index (κ1) is 14.2. The first-order valence-corrected chi connectivity index (χ1v) is 5.10. The molecule has 4 heteroatoms. The van der Waals surface area contributed by atoms with Gasteiger partial charge in [-0.2, -0.15) is 0 Å². The molecule has 0 atom stereocenters. The molecule has 1 aromatic carbocycles. The first-order valence-electron chi connectivity index (χ1n) is 5.10. The van der Waals surface area contributed by atoms with Crippen LogP contribution in [0.5, 0.6) is 5.75 Å². The van der Waals surface area contributed by atoms with E-state index in [4.69, 9.17) is 4.74 Å². The zero-order valence-electron chi connectivity index (χ0n) is 10.1. The Morgan fingerprint density at radius 1 is 1.31 bits per heavy atom. The lowest BCUT2D eigenvalue weighted by atomic mass is 10.2. The van der Waals surface area contributed by atoms with Gasteiger partial charge in [0.1, 0.15) is 5.75 Å². The zero-order chi connectivity index (χ0) is 12.6. The highest BCUT2D eigenvalue weighted by molar-refractivity contribution is 5.51. The summed E-state index contributed by atoms with van der Waals surface area (Å²) in [6.07, 6.45) is 1.51. The van der Waals surface area contributed by atoms with E-state index in [1.165, 1.54) is 13.0 Å². The number of nitrogens with zero attached hydrogens (tertiary/aromatic N) is 1. The second kappa shape index (κ2) is 7.45. The Hall–Kier alpha value is -1.84. The molecular formula is C12H17NO3. The molecule has 0 N–H and O–H groups in total. The van der Waals surface area contributed by atoms with Crippen LogP contribution in [-0.4, -0.2) is 12.0 Å². The molecular weight excluding hydrogens is 206 g/mol. The summed E-state index contributed by atoms with van der Waals surface area (Å²) in [6, 6.07) is 7.07. The van der Waals surface area contributed by atoms with E-state index >= 15 is 0 Å². The Kier molecular flexibility index (Phi) is 6.59. The second-order valence-corrected chi connectivity index (χ2v) is 2.82. The highest BCUT2D eigenvalue weighted by atomic mass is 16.6. The van der Waals surface area contributed by atoms with Crippen LogP contribution in [-0.2, 0) is 0 Å². The molecule has 0 aromatic heterocycles. The fourth-order valence-electron chi connectivity index (χ4n) is 0.994. The van der Waals surface area contributed by atoms with Crippen LogP contribution in [0.2, 0.25) is 0 Å². The molecule has 16 heavy (non-hydrogen) atoms. The van der Waals surface area contributed by atoms with Gasteiger partial charge in [-0.05, 0) is 17.7 Å². The van der Waals surface area contributed by atoms with Gasteiger partial charge in [0.15, 0.2) is 0 Å². The zero-order valence-corrected chi connectivity index (χ0v) is 10.1. The predicted octanol–water partition coefficient (Wildman–Crippen LogP) is 3.36. The van der Waals surface area contributed by atoms with Crippen molar-refractivity contribution >= 4 is 6.08 Å². The van der Waals surface area contributed by atoms with Crippen LogP contribution < -0.4 is 4.74 Å². The highest BCUT2D eigenvalue weighted by Crippen LogP contribution is 2.13. The summed E-state index contributed by atoms with van der Waals surface area (Å²) in [4.78, 5) is 9.93. The third-order valence-corrected chi connectivity index (χ3v) is 1.78. The maximum absolute atomic E-state index is 10.3. The van der Waals surface area contributed by atoms with Gasteiger partial charge in [0, 0.05) is 13.0 Å². The van der Waals surface area contributed by atoms with Gasteiger partial charge in [-0.1, -0.05) is 26.0 Å². The summed E-state index contributed by atoms with van der Waals surface area (Å²) < 4.78 is 4.97. The fourth-order valence-corrected chi connectivity index (χ4v) is 0.994. The van der Waals surface area contributed by atoms with Crippen LogP contribution in [0, 0.1) is 10.1 Å². The number of hydrogen-bond acceptors (Lipinski definition) is 3. The van der Waals surface area contributed by atoms with E-state index in [0.29, 0.717) is 0 Å². The minimum Gasteiger partial charge on any atom is -0.497 e. The third kappa shape index (κ3) is 4.59. The van der Waals surface area contributed by atoms with Crippen LogP contribution >= 0.6 is 0 Å². The molecule has 0 aliphatic rings. The highest BCUT2D eigenvalue weighted by Gasteiger charge is 2.01. The minimum atomic E-state index is -0.412. The largest absolute Gasteiger partial charge is 0.497 e. The van der Waals surface area contributed by atoms with Crippen molar-refractivity contribution < 1.29 is 9.66 Å². The lowest BCUT2D eigenvalue weighted by molar-refractivity contribution is -0.422. The second-order valence-electron chi connectivity index (χ2n) is 2.82. The Morgan fingerprint density at radius 2 is 1.81 bits per heavy atom. The van der Waals surface area contributed by atoms with Gasteiger partial charge in [-0.15, -0.1) is 0 Å². The molecule has 0 bridgehead atoms. The number of rotatable bonds is 3. The van der Waals surface area contributed by atoms with E-state index in [2.05, 4.69) is 0 Å². The normalized spacial score (nSPS) is 10.1. The Balaban J connectivity index is 0.00000106. The van der Waals surface area contributed by atoms with E-state index in [9.17, 15) is 10.1 Å². The van der Waals surface area contributed by atoms with E-state index in [1.807, 2.05) is 13.8 Å². The number of benzene rings is 1. The summed E-state index contributed by atoms with van der Waals surface area (Å²) in [7, 11) is 1.58. The van der Waals surface area contributed by atoms with Crippen LogP contribution in [0.1, 0.15) is 26.3 Å². The van der Waals surface area contributed by atoms with Gasteiger partial charge >= 0.3 is 0 Å². The van der Waals surface area contributed by atoms with Crippen LogP contribution in [0.25, 0.3) is 6.08 Å². The molecule has 0 amide bonds. The monoisotopic (exact) mass is 223 g/mol. The average molecular weight is 223 g/mol. The maximum Gasteiger partial charge on any atom is 0.243 e.